The molecule has 2 heteroatoms. The van der Waals surface area contributed by atoms with Crippen molar-refractivity contribution in [2.24, 2.45) is 0 Å². The van der Waals surface area contributed by atoms with E-state index in [-0.39, 0.29) is 6.10 Å². The maximum absolute atomic E-state index is 9.33. The fraction of sp³-hybridized carbons (Fsp3) is 0.538. The highest BCUT2D eigenvalue weighted by Gasteiger charge is 2.00. The molecular formula is C13H21NO. The average molecular weight is 207 g/mol. The van der Waals surface area contributed by atoms with E-state index in [2.05, 4.69) is 5.32 Å². The fourth-order valence-corrected chi connectivity index (χ4v) is 1.54. The zero-order chi connectivity index (χ0) is 10.9. The van der Waals surface area contributed by atoms with Crippen molar-refractivity contribution in [2.75, 3.05) is 13.1 Å². The molecule has 1 atom stereocenters. The van der Waals surface area contributed by atoms with E-state index in [4.69, 9.17) is 0 Å². The van der Waals surface area contributed by atoms with Crippen molar-refractivity contribution < 1.29 is 5.11 Å². The first-order valence-corrected chi connectivity index (χ1v) is 5.78. The van der Waals surface area contributed by atoms with Gasteiger partial charge in [-0.15, -0.1) is 0 Å². The molecule has 0 saturated carbocycles. The molecule has 0 spiro atoms. The van der Waals surface area contributed by atoms with Gasteiger partial charge in [-0.05, 0) is 37.9 Å². The van der Waals surface area contributed by atoms with Crippen LogP contribution in [0.3, 0.4) is 0 Å². The Morgan fingerprint density at radius 2 is 1.80 bits per heavy atom. The van der Waals surface area contributed by atoms with Crippen LogP contribution in [0, 0.1) is 0 Å². The van der Waals surface area contributed by atoms with E-state index < -0.39 is 0 Å². The van der Waals surface area contributed by atoms with Crippen LogP contribution >= 0.6 is 0 Å². The Hall–Kier alpha value is -0.860. The third-order valence-corrected chi connectivity index (χ3v) is 2.53. The number of aliphatic hydroxyl groups is 1. The molecule has 2 rings (SSSR count). The molecule has 1 aliphatic rings. The second-order valence-electron chi connectivity index (χ2n) is 3.79. The SMILES string of the molecule is C1CCNC1.CCC(O)c1ccccc1. The van der Waals surface area contributed by atoms with Crippen LogP contribution < -0.4 is 5.32 Å². The predicted molar refractivity (Wildman–Crippen MR) is 63.8 cm³/mol. The number of rotatable bonds is 2. The van der Waals surface area contributed by atoms with Crippen LogP contribution in [0.4, 0.5) is 0 Å². The quantitative estimate of drug-likeness (QED) is 0.781. The highest BCUT2D eigenvalue weighted by molar-refractivity contribution is 5.16. The first kappa shape index (κ1) is 12.2. The van der Waals surface area contributed by atoms with Gasteiger partial charge in [0.15, 0.2) is 0 Å². The summed E-state index contributed by atoms with van der Waals surface area (Å²) < 4.78 is 0. The topological polar surface area (TPSA) is 32.3 Å². The van der Waals surface area contributed by atoms with E-state index in [9.17, 15) is 5.11 Å². The maximum atomic E-state index is 9.33. The molecule has 2 nitrogen and oxygen atoms in total. The van der Waals surface area contributed by atoms with Crippen molar-refractivity contribution in [1.82, 2.24) is 5.32 Å². The van der Waals surface area contributed by atoms with Gasteiger partial charge in [-0.1, -0.05) is 37.3 Å². The molecule has 1 saturated heterocycles. The van der Waals surface area contributed by atoms with Crippen molar-refractivity contribution in [3.8, 4) is 0 Å². The van der Waals surface area contributed by atoms with Crippen LogP contribution in [0.25, 0.3) is 0 Å². The van der Waals surface area contributed by atoms with Gasteiger partial charge in [-0.25, -0.2) is 0 Å². The first-order chi connectivity index (χ1) is 7.34. The fourth-order valence-electron chi connectivity index (χ4n) is 1.54. The van der Waals surface area contributed by atoms with Crippen molar-refractivity contribution in [1.29, 1.82) is 0 Å². The summed E-state index contributed by atoms with van der Waals surface area (Å²) in [6.45, 7) is 4.47. The Labute approximate surface area is 92.3 Å². The molecular weight excluding hydrogens is 186 g/mol. The summed E-state index contributed by atoms with van der Waals surface area (Å²) in [6, 6.07) is 9.70. The minimum absolute atomic E-state index is 0.291. The molecule has 2 N–H and O–H groups in total. The van der Waals surface area contributed by atoms with E-state index in [1.807, 2.05) is 37.3 Å². The number of aliphatic hydroxyl groups excluding tert-OH is 1. The van der Waals surface area contributed by atoms with Crippen molar-refractivity contribution in [3.05, 3.63) is 35.9 Å². The van der Waals surface area contributed by atoms with Gasteiger partial charge in [-0.3, -0.25) is 0 Å². The van der Waals surface area contributed by atoms with Gasteiger partial charge in [0, 0.05) is 0 Å². The smallest absolute Gasteiger partial charge is 0.0787 e. The normalized spacial score (nSPS) is 16.7. The Balaban J connectivity index is 0.000000187. The van der Waals surface area contributed by atoms with Gasteiger partial charge in [0.2, 0.25) is 0 Å². The molecule has 1 aliphatic heterocycles. The lowest BCUT2D eigenvalue weighted by Crippen LogP contribution is -2.03. The van der Waals surface area contributed by atoms with E-state index >= 15 is 0 Å². The summed E-state index contributed by atoms with van der Waals surface area (Å²) in [5.41, 5.74) is 1.00. The zero-order valence-corrected chi connectivity index (χ0v) is 9.45. The molecule has 84 valence electrons. The lowest BCUT2D eigenvalue weighted by atomic mass is 10.1. The zero-order valence-electron chi connectivity index (χ0n) is 9.45. The number of hydrogen-bond donors (Lipinski definition) is 2. The van der Waals surface area contributed by atoms with Crippen LogP contribution in [0.15, 0.2) is 30.3 Å². The predicted octanol–water partition coefficient (Wildman–Crippen LogP) is 2.50. The highest BCUT2D eigenvalue weighted by Crippen LogP contribution is 2.14. The van der Waals surface area contributed by atoms with E-state index in [1.54, 1.807) is 0 Å². The van der Waals surface area contributed by atoms with Crippen LogP contribution in [0.1, 0.15) is 37.9 Å². The lowest BCUT2D eigenvalue weighted by Gasteiger charge is -2.05. The van der Waals surface area contributed by atoms with E-state index in [0.717, 1.165) is 12.0 Å². The molecule has 1 aromatic carbocycles. The Kier molecular flexibility index (Phi) is 6.05. The molecule has 0 aromatic heterocycles. The third-order valence-electron chi connectivity index (χ3n) is 2.53. The molecule has 0 radical (unpaired) electrons. The van der Waals surface area contributed by atoms with Crippen molar-refractivity contribution >= 4 is 0 Å². The number of benzene rings is 1. The van der Waals surface area contributed by atoms with E-state index in [1.165, 1.54) is 25.9 Å². The molecule has 15 heavy (non-hydrogen) atoms. The molecule has 1 fully saturated rings. The second kappa shape index (κ2) is 7.43. The van der Waals surface area contributed by atoms with Crippen LogP contribution in [-0.2, 0) is 0 Å². The van der Waals surface area contributed by atoms with Gasteiger partial charge < -0.3 is 10.4 Å². The summed E-state index contributed by atoms with van der Waals surface area (Å²) in [5.74, 6) is 0. The van der Waals surface area contributed by atoms with Crippen LogP contribution in [-0.4, -0.2) is 18.2 Å². The Morgan fingerprint density at radius 3 is 2.20 bits per heavy atom. The standard InChI is InChI=1S/C9H12O.C4H9N/c1-2-9(10)8-6-4-3-5-7-8;1-2-4-5-3-1/h3-7,9-10H,2H2,1H3;5H,1-4H2. The largest absolute Gasteiger partial charge is 0.388 e. The molecule has 0 aliphatic carbocycles. The Bertz CT molecular complexity index is 236. The second-order valence-corrected chi connectivity index (χ2v) is 3.79. The summed E-state index contributed by atoms with van der Waals surface area (Å²) >= 11 is 0. The minimum Gasteiger partial charge on any atom is -0.388 e. The summed E-state index contributed by atoms with van der Waals surface area (Å²) in [4.78, 5) is 0. The van der Waals surface area contributed by atoms with Gasteiger partial charge in [-0.2, -0.15) is 0 Å². The Morgan fingerprint density at radius 1 is 1.20 bits per heavy atom. The molecule has 1 unspecified atom stereocenters. The molecule has 0 amide bonds. The molecule has 1 heterocycles. The maximum Gasteiger partial charge on any atom is 0.0787 e. The van der Waals surface area contributed by atoms with Gasteiger partial charge in [0.25, 0.3) is 0 Å². The lowest BCUT2D eigenvalue weighted by molar-refractivity contribution is 0.173. The monoisotopic (exact) mass is 207 g/mol. The van der Waals surface area contributed by atoms with Crippen molar-refractivity contribution in [3.63, 3.8) is 0 Å². The van der Waals surface area contributed by atoms with Gasteiger partial charge >= 0.3 is 0 Å². The van der Waals surface area contributed by atoms with Gasteiger partial charge in [0.1, 0.15) is 0 Å². The first-order valence-electron chi connectivity index (χ1n) is 5.78. The van der Waals surface area contributed by atoms with Crippen LogP contribution in [0.2, 0.25) is 0 Å². The molecule has 1 aromatic rings. The number of hydrogen-bond acceptors (Lipinski definition) is 2. The number of nitrogens with one attached hydrogen (secondary N) is 1. The summed E-state index contributed by atoms with van der Waals surface area (Å²) in [6.07, 6.45) is 3.27. The summed E-state index contributed by atoms with van der Waals surface area (Å²) in [5, 5.41) is 12.6. The average Bonchev–Trinajstić information content (AvgIpc) is 2.88. The van der Waals surface area contributed by atoms with Crippen LogP contribution in [0.5, 0.6) is 0 Å². The molecule has 0 bridgehead atoms. The van der Waals surface area contributed by atoms with Crippen molar-refractivity contribution in [2.45, 2.75) is 32.3 Å². The third kappa shape index (κ3) is 4.96. The van der Waals surface area contributed by atoms with E-state index in [0.29, 0.717) is 0 Å². The summed E-state index contributed by atoms with van der Waals surface area (Å²) in [7, 11) is 0. The van der Waals surface area contributed by atoms with Gasteiger partial charge in [0.05, 0.1) is 6.10 Å². The minimum atomic E-state index is -0.291. The highest BCUT2D eigenvalue weighted by atomic mass is 16.3.